The molecule has 0 radical (unpaired) electrons. The van der Waals surface area contributed by atoms with Gasteiger partial charge in [-0.2, -0.15) is 0 Å². The summed E-state index contributed by atoms with van der Waals surface area (Å²) in [6, 6.07) is 20.1. The van der Waals surface area contributed by atoms with E-state index in [0.29, 0.717) is 12.8 Å². The smallest absolute Gasteiger partial charge is 0.159 e. The summed E-state index contributed by atoms with van der Waals surface area (Å²) in [5.74, 6) is 0.860. The number of aliphatic hydroxyl groups is 1. The monoisotopic (exact) mass is 388 g/mol. The lowest BCUT2D eigenvalue weighted by atomic mass is 9.84. The molecule has 0 saturated carbocycles. The number of hydrogen-bond donors (Lipinski definition) is 1. The summed E-state index contributed by atoms with van der Waals surface area (Å²) in [4.78, 5) is 16.9. The molecule has 28 heavy (non-hydrogen) atoms. The van der Waals surface area contributed by atoms with Gasteiger partial charge in [-0.15, -0.1) is 0 Å². The van der Waals surface area contributed by atoms with Crippen LogP contribution in [0.3, 0.4) is 0 Å². The van der Waals surface area contributed by atoms with Gasteiger partial charge in [0.15, 0.2) is 5.82 Å². The van der Waals surface area contributed by atoms with E-state index in [9.17, 15) is 5.11 Å². The van der Waals surface area contributed by atoms with Crippen molar-refractivity contribution in [3.63, 3.8) is 0 Å². The molecule has 2 aromatic carbocycles. The fourth-order valence-electron chi connectivity index (χ4n) is 3.80. The summed E-state index contributed by atoms with van der Waals surface area (Å²) in [6.45, 7) is 1.46. The van der Waals surface area contributed by atoms with Crippen molar-refractivity contribution in [1.29, 1.82) is 0 Å². The van der Waals surface area contributed by atoms with Crippen LogP contribution in [0.1, 0.15) is 18.4 Å². The van der Waals surface area contributed by atoms with E-state index in [0.717, 1.165) is 45.4 Å². The second-order valence-corrected chi connectivity index (χ2v) is 8.10. The van der Waals surface area contributed by atoms with Crippen molar-refractivity contribution in [1.82, 2.24) is 15.0 Å². The van der Waals surface area contributed by atoms with Gasteiger partial charge in [0, 0.05) is 18.7 Å². The summed E-state index contributed by atoms with van der Waals surface area (Å²) in [5, 5.41) is 12.1. The van der Waals surface area contributed by atoms with Crippen molar-refractivity contribution in [2.45, 2.75) is 18.4 Å². The molecule has 1 fully saturated rings. The highest BCUT2D eigenvalue weighted by Gasteiger charge is 2.35. The normalized spacial score (nSPS) is 16.4. The zero-order valence-electron chi connectivity index (χ0n) is 15.3. The van der Waals surface area contributed by atoms with E-state index in [4.69, 9.17) is 4.98 Å². The minimum Gasteiger partial charge on any atom is -0.385 e. The average molecular weight is 388 g/mol. The fraction of sp³-hybridized carbons (Fsp3) is 0.227. The molecule has 2 aromatic heterocycles. The van der Waals surface area contributed by atoms with E-state index < -0.39 is 5.60 Å². The van der Waals surface area contributed by atoms with Crippen LogP contribution in [0.25, 0.3) is 20.9 Å². The maximum atomic E-state index is 11.1. The first-order valence-corrected chi connectivity index (χ1v) is 10.2. The Morgan fingerprint density at radius 1 is 0.893 bits per heavy atom. The molecule has 4 aromatic rings. The first-order valence-electron chi connectivity index (χ1n) is 9.43. The number of benzene rings is 2. The SMILES string of the molecule is OC1(c2ccccc2)CCN(c2ncnc3sc(-c4ccccc4)nc23)CC1. The van der Waals surface area contributed by atoms with Crippen LogP contribution < -0.4 is 4.90 Å². The molecule has 140 valence electrons. The molecule has 3 heterocycles. The highest BCUT2D eigenvalue weighted by Crippen LogP contribution is 2.37. The van der Waals surface area contributed by atoms with Gasteiger partial charge in [-0.25, -0.2) is 15.0 Å². The summed E-state index contributed by atoms with van der Waals surface area (Å²) < 4.78 is 0. The number of anilines is 1. The molecule has 0 spiro atoms. The van der Waals surface area contributed by atoms with Crippen molar-refractivity contribution < 1.29 is 5.11 Å². The number of thiazole rings is 1. The predicted molar refractivity (Wildman–Crippen MR) is 112 cm³/mol. The summed E-state index contributed by atoms with van der Waals surface area (Å²) in [5.41, 5.74) is 2.15. The fourth-order valence-corrected chi connectivity index (χ4v) is 4.71. The quantitative estimate of drug-likeness (QED) is 0.569. The zero-order valence-corrected chi connectivity index (χ0v) is 16.1. The van der Waals surface area contributed by atoms with Crippen LogP contribution in [0.5, 0.6) is 0 Å². The number of piperidine rings is 1. The molecule has 1 aliphatic rings. The minimum absolute atomic E-state index is 0.665. The Morgan fingerprint density at radius 2 is 1.57 bits per heavy atom. The van der Waals surface area contributed by atoms with Crippen LogP contribution in [0.4, 0.5) is 5.82 Å². The second-order valence-electron chi connectivity index (χ2n) is 7.12. The largest absolute Gasteiger partial charge is 0.385 e. The standard InChI is InChI=1S/C22H20N4OS/c27-22(17-9-5-2-6-10-17)11-13-26(14-12-22)19-18-21(24-15-23-19)28-20(25-18)16-7-3-1-4-8-16/h1-10,15,27H,11-14H2. The highest BCUT2D eigenvalue weighted by molar-refractivity contribution is 7.21. The molecule has 0 aliphatic carbocycles. The van der Waals surface area contributed by atoms with Crippen LogP contribution >= 0.6 is 11.3 Å². The molecule has 0 atom stereocenters. The number of fused-ring (bicyclic) bond motifs is 1. The summed E-state index contributed by atoms with van der Waals surface area (Å²) >= 11 is 1.59. The Bertz CT molecular complexity index is 1090. The Labute approximate surface area is 167 Å². The van der Waals surface area contributed by atoms with Crippen molar-refractivity contribution in [3.8, 4) is 10.6 Å². The molecule has 0 amide bonds. The van der Waals surface area contributed by atoms with Crippen LogP contribution in [0.2, 0.25) is 0 Å². The molecular formula is C22H20N4OS. The third-order valence-electron chi connectivity index (χ3n) is 5.40. The summed E-state index contributed by atoms with van der Waals surface area (Å²) in [6.07, 6.45) is 2.94. The van der Waals surface area contributed by atoms with E-state index in [1.807, 2.05) is 48.5 Å². The van der Waals surface area contributed by atoms with Crippen molar-refractivity contribution in [2.24, 2.45) is 0 Å². The number of aromatic nitrogens is 3. The van der Waals surface area contributed by atoms with Gasteiger partial charge in [-0.3, -0.25) is 0 Å². The topological polar surface area (TPSA) is 62.1 Å². The van der Waals surface area contributed by atoms with Crippen molar-refractivity contribution in [3.05, 3.63) is 72.6 Å². The molecule has 0 bridgehead atoms. The zero-order chi connectivity index (χ0) is 19.0. The molecule has 1 aliphatic heterocycles. The van der Waals surface area contributed by atoms with Gasteiger partial charge < -0.3 is 10.0 Å². The lowest BCUT2D eigenvalue weighted by Gasteiger charge is -2.39. The molecule has 1 saturated heterocycles. The summed E-state index contributed by atoms with van der Waals surface area (Å²) in [7, 11) is 0. The van der Waals surface area contributed by atoms with E-state index in [1.54, 1.807) is 17.7 Å². The first-order chi connectivity index (χ1) is 13.7. The lowest BCUT2D eigenvalue weighted by molar-refractivity contribution is 0.0117. The maximum absolute atomic E-state index is 11.1. The van der Waals surface area contributed by atoms with E-state index in [2.05, 4.69) is 27.0 Å². The molecular weight excluding hydrogens is 368 g/mol. The molecule has 1 N–H and O–H groups in total. The van der Waals surface area contributed by atoms with Crippen LogP contribution in [-0.2, 0) is 5.60 Å². The highest BCUT2D eigenvalue weighted by atomic mass is 32.1. The van der Waals surface area contributed by atoms with Crippen LogP contribution in [0.15, 0.2) is 67.0 Å². The Balaban J connectivity index is 1.44. The van der Waals surface area contributed by atoms with Gasteiger partial charge in [-0.05, 0) is 18.4 Å². The van der Waals surface area contributed by atoms with Gasteiger partial charge in [0.1, 0.15) is 21.7 Å². The van der Waals surface area contributed by atoms with Crippen molar-refractivity contribution in [2.75, 3.05) is 18.0 Å². The number of rotatable bonds is 3. The van der Waals surface area contributed by atoms with Gasteiger partial charge in [0.25, 0.3) is 0 Å². The van der Waals surface area contributed by atoms with Gasteiger partial charge in [0.05, 0.1) is 5.60 Å². The third kappa shape index (κ3) is 3.04. The van der Waals surface area contributed by atoms with E-state index >= 15 is 0 Å². The lowest BCUT2D eigenvalue weighted by Crippen LogP contribution is -2.43. The van der Waals surface area contributed by atoms with Crippen LogP contribution in [0, 0.1) is 0 Å². The van der Waals surface area contributed by atoms with Crippen molar-refractivity contribution >= 4 is 27.5 Å². The molecule has 6 heteroatoms. The average Bonchev–Trinajstić information content (AvgIpc) is 3.20. The van der Waals surface area contributed by atoms with Gasteiger partial charge >= 0.3 is 0 Å². The van der Waals surface area contributed by atoms with E-state index in [-0.39, 0.29) is 0 Å². The Kier molecular flexibility index (Phi) is 4.30. The second kappa shape index (κ2) is 6.96. The van der Waals surface area contributed by atoms with Gasteiger partial charge in [0.2, 0.25) is 0 Å². The van der Waals surface area contributed by atoms with Gasteiger partial charge in [-0.1, -0.05) is 72.0 Å². The maximum Gasteiger partial charge on any atom is 0.159 e. The molecule has 5 nitrogen and oxygen atoms in total. The number of nitrogens with zero attached hydrogens (tertiary/aromatic N) is 4. The minimum atomic E-state index is -0.777. The Morgan fingerprint density at radius 3 is 2.29 bits per heavy atom. The third-order valence-corrected chi connectivity index (χ3v) is 6.41. The first kappa shape index (κ1) is 17.3. The molecule has 5 rings (SSSR count). The number of hydrogen-bond acceptors (Lipinski definition) is 6. The molecule has 0 unspecified atom stereocenters. The predicted octanol–water partition coefficient (Wildman–Crippen LogP) is 4.24. The van der Waals surface area contributed by atoms with Crippen LogP contribution in [-0.4, -0.2) is 33.1 Å². The van der Waals surface area contributed by atoms with E-state index in [1.165, 1.54) is 0 Å². The Hall–Kier alpha value is -2.83.